The number of amides is 1. The molecular weight excluding hydrogens is 266 g/mol. The zero-order valence-corrected chi connectivity index (χ0v) is 12.4. The standard InChI is InChI=1S/C16H25N3O2/c17-14-8-4-5-9-15(14)18-16(21)12-19(10-11-20)13-6-2-1-3-7-13/h4-5,8-9,13,20H,1-3,6-7,10-12,17H2,(H,18,21). The fourth-order valence-corrected chi connectivity index (χ4v) is 2.95. The van der Waals surface area contributed by atoms with Crippen LogP contribution in [0.15, 0.2) is 24.3 Å². The van der Waals surface area contributed by atoms with Crippen molar-refractivity contribution in [3.63, 3.8) is 0 Å². The van der Waals surface area contributed by atoms with Crippen LogP contribution >= 0.6 is 0 Å². The van der Waals surface area contributed by atoms with Gasteiger partial charge in [-0.1, -0.05) is 31.4 Å². The van der Waals surface area contributed by atoms with Crippen LogP contribution < -0.4 is 11.1 Å². The quantitative estimate of drug-likeness (QED) is 0.699. The molecule has 1 amide bonds. The molecule has 1 aliphatic rings. The fraction of sp³-hybridized carbons (Fsp3) is 0.562. The summed E-state index contributed by atoms with van der Waals surface area (Å²) < 4.78 is 0. The average molecular weight is 291 g/mol. The maximum Gasteiger partial charge on any atom is 0.238 e. The van der Waals surface area contributed by atoms with Crippen molar-refractivity contribution in [1.82, 2.24) is 4.90 Å². The summed E-state index contributed by atoms with van der Waals surface area (Å²) in [6, 6.07) is 7.65. The molecule has 1 saturated carbocycles. The Bertz CT molecular complexity index is 459. The van der Waals surface area contributed by atoms with Crippen molar-refractivity contribution in [3.8, 4) is 0 Å². The van der Waals surface area contributed by atoms with E-state index in [2.05, 4.69) is 10.2 Å². The number of para-hydroxylation sites is 2. The lowest BCUT2D eigenvalue weighted by molar-refractivity contribution is -0.118. The van der Waals surface area contributed by atoms with Crippen LogP contribution in [0.3, 0.4) is 0 Å². The molecule has 2 rings (SSSR count). The van der Waals surface area contributed by atoms with E-state index in [0.29, 0.717) is 30.5 Å². The first-order chi connectivity index (χ1) is 10.2. The smallest absolute Gasteiger partial charge is 0.238 e. The van der Waals surface area contributed by atoms with Crippen LogP contribution in [0.1, 0.15) is 32.1 Å². The predicted molar refractivity (Wildman–Crippen MR) is 85.0 cm³/mol. The zero-order valence-electron chi connectivity index (χ0n) is 12.4. The van der Waals surface area contributed by atoms with Crippen molar-refractivity contribution in [2.45, 2.75) is 38.1 Å². The molecule has 1 fully saturated rings. The first kappa shape index (κ1) is 15.8. The normalized spacial score (nSPS) is 16.1. The molecule has 0 aromatic heterocycles. The number of nitrogens with zero attached hydrogens (tertiary/aromatic N) is 1. The van der Waals surface area contributed by atoms with Crippen molar-refractivity contribution in [3.05, 3.63) is 24.3 Å². The Kier molecular flexibility index (Phi) is 6.02. The van der Waals surface area contributed by atoms with Gasteiger partial charge in [0.2, 0.25) is 5.91 Å². The second-order valence-corrected chi connectivity index (χ2v) is 5.62. The van der Waals surface area contributed by atoms with Gasteiger partial charge in [-0.25, -0.2) is 0 Å². The molecule has 1 aromatic rings. The number of nitrogens with two attached hydrogens (primary N) is 1. The third kappa shape index (κ3) is 4.72. The van der Waals surface area contributed by atoms with Gasteiger partial charge in [-0.3, -0.25) is 9.69 Å². The van der Waals surface area contributed by atoms with Gasteiger partial charge >= 0.3 is 0 Å². The van der Waals surface area contributed by atoms with Crippen LogP contribution in [0.5, 0.6) is 0 Å². The number of nitrogens with one attached hydrogen (secondary N) is 1. The molecule has 0 heterocycles. The minimum atomic E-state index is -0.0769. The number of benzene rings is 1. The summed E-state index contributed by atoms with van der Waals surface area (Å²) >= 11 is 0. The molecule has 5 heteroatoms. The lowest BCUT2D eigenvalue weighted by Gasteiger charge is -2.33. The van der Waals surface area contributed by atoms with E-state index in [1.807, 2.05) is 12.1 Å². The topological polar surface area (TPSA) is 78.6 Å². The lowest BCUT2D eigenvalue weighted by atomic mass is 9.94. The van der Waals surface area contributed by atoms with E-state index in [-0.39, 0.29) is 12.5 Å². The van der Waals surface area contributed by atoms with Crippen molar-refractivity contribution >= 4 is 17.3 Å². The number of carbonyl (C=O) groups is 1. The lowest BCUT2D eigenvalue weighted by Crippen LogP contribution is -2.43. The number of anilines is 2. The summed E-state index contributed by atoms with van der Waals surface area (Å²) in [5, 5.41) is 12.1. The summed E-state index contributed by atoms with van der Waals surface area (Å²) in [6.45, 7) is 0.930. The number of aliphatic hydroxyl groups is 1. The highest BCUT2D eigenvalue weighted by Gasteiger charge is 2.22. The van der Waals surface area contributed by atoms with Crippen LogP contribution in [-0.2, 0) is 4.79 Å². The molecule has 0 spiro atoms. The van der Waals surface area contributed by atoms with Crippen LogP contribution in [0.4, 0.5) is 11.4 Å². The van der Waals surface area contributed by atoms with E-state index in [1.165, 1.54) is 19.3 Å². The van der Waals surface area contributed by atoms with Crippen molar-refractivity contribution < 1.29 is 9.90 Å². The number of carbonyl (C=O) groups excluding carboxylic acids is 1. The highest BCUT2D eigenvalue weighted by atomic mass is 16.3. The molecule has 5 nitrogen and oxygen atoms in total. The predicted octanol–water partition coefficient (Wildman–Crippen LogP) is 1.83. The van der Waals surface area contributed by atoms with E-state index >= 15 is 0 Å². The van der Waals surface area contributed by atoms with Gasteiger partial charge in [0.25, 0.3) is 0 Å². The Labute approximate surface area is 126 Å². The molecule has 0 saturated heterocycles. The number of hydrogen-bond acceptors (Lipinski definition) is 4. The van der Waals surface area contributed by atoms with Gasteiger partial charge in [0.15, 0.2) is 0 Å². The molecule has 1 aromatic carbocycles. The number of nitrogen functional groups attached to an aromatic ring is 1. The van der Waals surface area contributed by atoms with E-state index in [9.17, 15) is 9.90 Å². The Morgan fingerprint density at radius 2 is 2.00 bits per heavy atom. The average Bonchev–Trinajstić information content (AvgIpc) is 2.50. The van der Waals surface area contributed by atoms with E-state index < -0.39 is 0 Å². The largest absolute Gasteiger partial charge is 0.397 e. The van der Waals surface area contributed by atoms with Gasteiger partial charge in [0.05, 0.1) is 24.5 Å². The van der Waals surface area contributed by atoms with Crippen LogP contribution in [-0.4, -0.2) is 41.7 Å². The SMILES string of the molecule is Nc1ccccc1NC(=O)CN(CCO)C1CCCCC1. The number of rotatable bonds is 6. The van der Waals surface area contributed by atoms with Crippen molar-refractivity contribution in [1.29, 1.82) is 0 Å². The first-order valence-corrected chi connectivity index (χ1v) is 7.70. The molecule has 0 aliphatic heterocycles. The third-order valence-electron chi connectivity index (χ3n) is 4.06. The molecular formula is C16H25N3O2. The third-order valence-corrected chi connectivity index (χ3v) is 4.06. The van der Waals surface area contributed by atoms with E-state index in [4.69, 9.17) is 5.73 Å². The van der Waals surface area contributed by atoms with Gasteiger partial charge < -0.3 is 16.2 Å². The summed E-state index contributed by atoms with van der Waals surface area (Å²) in [5.41, 5.74) is 7.05. The Balaban J connectivity index is 1.93. The Morgan fingerprint density at radius 1 is 1.29 bits per heavy atom. The maximum absolute atomic E-state index is 12.2. The number of hydrogen-bond donors (Lipinski definition) is 3. The van der Waals surface area contributed by atoms with Crippen LogP contribution in [0.2, 0.25) is 0 Å². The molecule has 4 N–H and O–H groups in total. The van der Waals surface area contributed by atoms with Crippen LogP contribution in [0.25, 0.3) is 0 Å². The Morgan fingerprint density at radius 3 is 2.67 bits per heavy atom. The second-order valence-electron chi connectivity index (χ2n) is 5.62. The van der Waals surface area contributed by atoms with Crippen molar-refractivity contribution in [2.24, 2.45) is 0 Å². The molecule has 1 aliphatic carbocycles. The minimum Gasteiger partial charge on any atom is -0.397 e. The Hall–Kier alpha value is -1.59. The van der Waals surface area contributed by atoms with Crippen molar-refractivity contribution in [2.75, 3.05) is 30.7 Å². The molecule has 0 atom stereocenters. The monoisotopic (exact) mass is 291 g/mol. The van der Waals surface area contributed by atoms with Crippen LogP contribution in [0, 0.1) is 0 Å². The maximum atomic E-state index is 12.2. The first-order valence-electron chi connectivity index (χ1n) is 7.70. The van der Waals surface area contributed by atoms with E-state index in [1.54, 1.807) is 12.1 Å². The molecule has 0 bridgehead atoms. The summed E-state index contributed by atoms with van der Waals surface area (Å²) in [4.78, 5) is 14.3. The highest BCUT2D eigenvalue weighted by Crippen LogP contribution is 2.22. The summed E-state index contributed by atoms with van der Waals surface area (Å²) in [7, 11) is 0. The van der Waals surface area contributed by atoms with Gasteiger partial charge in [-0.15, -0.1) is 0 Å². The summed E-state index contributed by atoms with van der Waals surface area (Å²) in [6.07, 6.45) is 5.91. The molecule has 116 valence electrons. The van der Waals surface area contributed by atoms with E-state index in [0.717, 1.165) is 12.8 Å². The zero-order chi connectivity index (χ0) is 15.1. The highest BCUT2D eigenvalue weighted by molar-refractivity contribution is 5.95. The van der Waals surface area contributed by atoms with Gasteiger partial charge in [0, 0.05) is 12.6 Å². The second kappa shape index (κ2) is 8.00. The summed E-state index contributed by atoms with van der Waals surface area (Å²) in [5.74, 6) is -0.0769. The fourth-order valence-electron chi connectivity index (χ4n) is 2.95. The van der Waals surface area contributed by atoms with Gasteiger partial charge in [0.1, 0.15) is 0 Å². The molecule has 0 unspecified atom stereocenters. The molecule has 0 radical (unpaired) electrons. The minimum absolute atomic E-state index is 0.0769. The molecule has 21 heavy (non-hydrogen) atoms. The number of aliphatic hydroxyl groups excluding tert-OH is 1. The van der Waals surface area contributed by atoms with Gasteiger partial charge in [-0.2, -0.15) is 0 Å². The van der Waals surface area contributed by atoms with Gasteiger partial charge in [-0.05, 0) is 25.0 Å².